The molecule has 0 fully saturated rings. The van der Waals surface area contributed by atoms with Gasteiger partial charge in [0.25, 0.3) is 0 Å². The molecule has 3 nitrogen and oxygen atoms in total. The second kappa shape index (κ2) is 4.46. The highest BCUT2D eigenvalue weighted by Gasteiger charge is 2.06. The standard InChI is InChI=1S/C11H12O3/c1-3-5-9-6-4-7-10(8(9)2)14-11(12)13/h3-4,6-7H,1,5H2,2H3,(H,12,13). The number of allylic oxidation sites excluding steroid dienone is 1. The van der Waals surface area contributed by atoms with Crippen molar-refractivity contribution in [1.29, 1.82) is 0 Å². The zero-order valence-electron chi connectivity index (χ0n) is 7.99. The van der Waals surface area contributed by atoms with E-state index in [0.717, 1.165) is 11.1 Å². The summed E-state index contributed by atoms with van der Waals surface area (Å²) in [5.41, 5.74) is 1.87. The van der Waals surface area contributed by atoms with E-state index in [1.54, 1.807) is 18.2 Å². The molecule has 0 aliphatic carbocycles. The van der Waals surface area contributed by atoms with E-state index in [1.165, 1.54) is 0 Å². The number of hydrogen-bond donors (Lipinski definition) is 1. The fourth-order valence-corrected chi connectivity index (χ4v) is 1.24. The van der Waals surface area contributed by atoms with Crippen LogP contribution in [0.4, 0.5) is 4.79 Å². The van der Waals surface area contributed by atoms with Gasteiger partial charge in [0.2, 0.25) is 0 Å². The topological polar surface area (TPSA) is 46.5 Å². The van der Waals surface area contributed by atoms with Crippen LogP contribution < -0.4 is 4.74 Å². The Bertz CT molecular complexity index is 356. The summed E-state index contributed by atoms with van der Waals surface area (Å²) in [5, 5.41) is 8.47. The lowest BCUT2D eigenvalue weighted by molar-refractivity contribution is 0.144. The first kappa shape index (κ1) is 10.3. The maximum Gasteiger partial charge on any atom is 0.511 e. The van der Waals surface area contributed by atoms with Gasteiger partial charge in [-0.1, -0.05) is 18.2 Å². The van der Waals surface area contributed by atoms with Crippen molar-refractivity contribution in [3.8, 4) is 5.75 Å². The van der Waals surface area contributed by atoms with Crippen molar-refractivity contribution >= 4 is 6.16 Å². The van der Waals surface area contributed by atoms with Crippen LogP contribution in [-0.2, 0) is 6.42 Å². The van der Waals surface area contributed by atoms with Gasteiger partial charge < -0.3 is 9.84 Å². The van der Waals surface area contributed by atoms with Crippen LogP contribution in [0, 0.1) is 6.92 Å². The first-order chi connectivity index (χ1) is 6.65. The molecule has 0 bridgehead atoms. The Morgan fingerprint density at radius 3 is 2.93 bits per heavy atom. The largest absolute Gasteiger partial charge is 0.511 e. The minimum atomic E-state index is -1.29. The van der Waals surface area contributed by atoms with Gasteiger partial charge in [-0.25, -0.2) is 4.79 Å². The van der Waals surface area contributed by atoms with E-state index >= 15 is 0 Å². The molecule has 74 valence electrons. The van der Waals surface area contributed by atoms with E-state index in [4.69, 9.17) is 5.11 Å². The zero-order valence-corrected chi connectivity index (χ0v) is 7.99. The van der Waals surface area contributed by atoms with E-state index in [9.17, 15) is 4.79 Å². The lowest BCUT2D eigenvalue weighted by Crippen LogP contribution is -2.05. The molecule has 0 unspecified atom stereocenters. The van der Waals surface area contributed by atoms with Gasteiger partial charge in [-0.15, -0.1) is 6.58 Å². The van der Waals surface area contributed by atoms with E-state index in [-0.39, 0.29) is 0 Å². The van der Waals surface area contributed by atoms with Crippen molar-refractivity contribution in [2.75, 3.05) is 0 Å². The molecular formula is C11H12O3. The van der Waals surface area contributed by atoms with Gasteiger partial charge in [0, 0.05) is 0 Å². The number of hydrogen-bond acceptors (Lipinski definition) is 2. The number of carboxylic acid groups (broad SMARTS) is 1. The van der Waals surface area contributed by atoms with Crippen LogP contribution in [0.25, 0.3) is 0 Å². The molecule has 0 radical (unpaired) electrons. The highest BCUT2D eigenvalue weighted by molar-refractivity contribution is 5.62. The second-order valence-electron chi connectivity index (χ2n) is 2.90. The van der Waals surface area contributed by atoms with Gasteiger partial charge in [-0.3, -0.25) is 0 Å². The Morgan fingerprint density at radius 1 is 1.64 bits per heavy atom. The molecule has 0 saturated carbocycles. The molecule has 0 spiro atoms. The van der Waals surface area contributed by atoms with Gasteiger partial charge in [-0.2, -0.15) is 0 Å². The van der Waals surface area contributed by atoms with E-state index in [1.807, 2.05) is 13.0 Å². The number of rotatable bonds is 3. The summed E-state index contributed by atoms with van der Waals surface area (Å²) in [6.07, 6.45) is 1.19. The van der Waals surface area contributed by atoms with E-state index in [0.29, 0.717) is 12.2 Å². The minimum absolute atomic E-state index is 0.386. The summed E-state index contributed by atoms with van der Waals surface area (Å²) in [6, 6.07) is 5.33. The third kappa shape index (κ3) is 2.36. The smallest absolute Gasteiger partial charge is 0.449 e. The third-order valence-corrected chi connectivity index (χ3v) is 1.96. The van der Waals surface area contributed by atoms with Crippen LogP contribution in [0.3, 0.4) is 0 Å². The Labute approximate surface area is 82.6 Å². The van der Waals surface area contributed by atoms with Gasteiger partial charge >= 0.3 is 6.16 Å². The third-order valence-electron chi connectivity index (χ3n) is 1.96. The van der Waals surface area contributed by atoms with Crippen LogP contribution in [0.1, 0.15) is 11.1 Å². The normalized spacial score (nSPS) is 9.50. The number of ether oxygens (including phenoxy) is 1. The molecule has 0 atom stereocenters. The van der Waals surface area contributed by atoms with Gasteiger partial charge in [0.1, 0.15) is 5.75 Å². The van der Waals surface area contributed by atoms with Crippen LogP contribution in [0.2, 0.25) is 0 Å². The average Bonchev–Trinajstić information content (AvgIpc) is 2.11. The molecule has 0 heterocycles. The molecule has 0 aromatic heterocycles. The van der Waals surface area contributed by atoms with Crippen molar-refractivity contribution in [2.45, 2.75) is 13.3 Å². The summed E-state index contributed by atoms with van der Waals surface area (Å²) in [7, 11) is 0. The van der Waals surface area contributed by atoms with Crippen molar-refractivity contribution in [3.63, 3.8) is 0 Å². The van der Waals surface area contributed by atoms with Crippen molar-refractivity contribution in [2.24, 2.45) is 0 Å². The van der Waals surface area contributed by atoms with Crippen LogP contribution in [-0.4, -0.2) is 11.3 Å². The van der Waals surface area contributed by atoms with Gasteiger partial charge in [-0.05, 0) is 30.5 Å². The van der Waals surface area contributed by atoms with Crippen molar-refractivity contribution in [3.05, 3.63) is 42.0 Å². The highest BCUT2D eigenvalue weighted by atomic mass is 16.7. The lowest BCUT2D eigenvalue weighted by atomic mass is 10.1. The summed E-state index contributed by atoms with van der Waals surface area (Å²) in [4.78, 5) is 10.3. The minimum Gasteiger partial charge on any atom is -0.449 e. The first-order valence-electron chi connectivity index (χ1n) is 4.25. The summed E-state index contributed by atoms with van der Waals surface area (Å²) < 4.78 is 4.61. The van der Waals surface area contributed by atoms with E-state index < -0.39 is 6.16 Å². The Hall–Kier alpha value is -1.77. The molecule has 14 heavy (non-hydrogen) atoms. The van der Waals surface area contributed by atoms with E-state index in [2.05, 4.69) is 11.3 Å². The number of benzene rings is 1. The predicted octanol–water partition coefficient (Wildman–Crippen LogP) is 2.78. The zero-order chi connectivity index (χ0) is 10.6. The Kier molecular flexibility index (Phi) is 3.29. The predicted molar refractivity (Wildman–Crippen MR) is 53.7 cm³/mol. The van der Waals surface area contributed by atoms with Crippen LogP contribution >= 0.6 is 0 Å². The average molecular weight is 192 g/mol. The SMILES string of the molecule is C=CCc1cccc(OC(=O)O)c1C. The second-order valence-corrected chi connectivity index (χ2v) is 2.90. The fraction of sp³-hybridized carbons (Fsp3) is 0.182. The molecule has 0 aliphatic rings. The molecule has 0 aliphatic heterocycles. The molecule has 3 heteroatoms. The molecular weight excluding hydrogens is 180 g/mol. The highest BCUT2D eigenvalue weighted by Crippen LogP contribution is 2.21. The summed E-state index contributed by atoms with van der Waals surface area (Å²) >= 11 is 0. The molecule has 1 rings (SSSR count). The van der Waals surface area contributed by atoms with Gasteiger partial charge in [0.15, 0.2) is 0 Å². The molecule has 0 saturated heterocycles. The van der Waals surface area contributed by atoms with Crippen LogP contribution in [0.15, 0.2) is 30.9 Å². The maximum absolute atomic E-state index is 10.3. The summed E-state index contributed by atoms with van der Waals surface area (Å²) in [6.45, 7) is 5.46. The molecule has 1 aromatic carbocycles. The quantitative estimate of drug-likeness (QED) is 0.455. The molecule has 1 N–H and O–H groups in total. The van der Waals surface area contributed by atoms with Crippen molar-refractivity contribution in [1.82, 2.24) is 0 Å². The molecule has 0 amide bonds. The lowest BCUT2D eigenvalue weighted by Gasteiger charge is -2.07. The maximum atomic E-state index is 10.3. The molecule has 1 aromatic rings. The van der Waals surface area contributed by atoms with Gasteiger partial charge in [0.05, 0.1) is 0 Å². The first-order valence-corrected chi connectivity index (χ1v) is 4.25. The number of carbonyl (C=O) groups is 1. The summed E-state index contributed by atoms with van der Waals surface area (Å²) in [5.74, 6) is 0.386. The van der Waals surface area contributed by atoms with Crippen LogP contribution in [0.5, 0.6) is 5.75 Å². The Balaban J connectivity index is 3.00. The van der Waals surface area contributed by atoms with Crippen molar-refractivity contribution < 1.29 is 14.6 Å². The monoisotopic (exact) mass is 192 g/mol. The fourth-order valence-electron chi connectivity index (χ4n) is 1.24. The Morgan fingerprint density at radius 2 is 2.36 bits per heavy atom.